The molecule has 0 aliphatic heterocycles. The predicted octanol–water partition coefficient (Wildman–Crippen LogP) is 4.53. The van der Waals surface area contributed by atoms with Crippen LogP contribution in [0.4, 0.5) is 0 Å². The minimum atomic E-state index is -0.469. The lowest BCUT2D eigenvalue weighted by Gasteiger charge is -2.09. The molecule has 122 valence electrons. The summed E-state index contributed by atoms with van der Waals surface area (Å²) in [6.45, 7) is 2.51. The van der Waals surface area contributed by atoms with E-state index in [1.807, 2.05) is 30.3 Å². The van der Waals surface area contributed by atoms with E-state index in [2.05, 4.69) is 40.9 Å². The Hall–Kier alpha value is -2.51. The molecule has 0 N–H and O–H groups in total. The van der Waals surface area contributed by atoms with Gasteiger partial charge in [-0.3, -0.25) is 0 Å². The fourth-order valence-corrected chi connectivity index (χ4v) is 2.42. The highest BCUT2D eigenvalue weighted by Crippen LogP contribution is 2.27. The van der Waals surface area contributed by atoms with Crippen molar-refractivity contribution in [2.45, 2.75) is 13.5 Å². The van der Waals surface area contributed by atoms with Crippen LogP contribution in [0.5, 0.6) is 5.75 Å². The van der Waals surface area contributed by atoms with Crippen molar-refractivity contribution in [3.63, 3.8) is 0 Å². The van der Waals surface area contributed by atoms with E-state index in [9.17, 15) is 4.79 Å². The first kappa shape index (κ1) is 17.8. The van der Waals surface area contributed by atoms with Crippen LogP contribution in [0.2, 0.25) is 0 Å². The summed E-state index contributed by atoms with van der Waals surface area (Å²) in [4.78, 5) is 11.4. The third-order valence-corrected chi connectivity index (χ3v) is 3.80. The van der Waals surface area contributed by atoms with E-state index in [1.165, 1.54) is 11.6 Å². The maximum atomic E-state index is 11.4. The number of carbonyl (C=O) groups is 1. The second kappa shape index (κ2) is 8.95. The van der Waals surface area contributed by atoms with Gasteiger partial charge in [0.25, 0.3) is 0 Å². The van der Waals surface area contributed by atoms with Gasteiger partial charge in [-0.25, -0.2) is 4.79 Å². The molecule has 0 bridgehead atoms. The summed E-state index contributed by atoms with van der Waals surface area (Å²) in [5.41, 5.74) is 3.17. The highest BCUT2D eigenvalue weighted by molar-refractivity contribution is 9.10. The smallest absolute Gasteiger partial charge is 0.331 e. The molecule has 0 aliphatic carbocycles. The van der Waals surface area contributed by atoms with Gasteiger partial charge in [-0.1, -0.05) is 41.8 Å². The average molecular weight is 385 g/mol. The summed E-state index contributed by atoms with van der Waals surface area (Å²) < 4.78 is 11.4. The van der Waals surface area contributed by atoms with Gasteiger partial charge in [-0.05, 0) is 52.2 Å². The lowest BCUT2D eigenvalue weighted by atomic mass is 10.1. The number of halogens is 1. The summed E-state index contributed by atoms with van der Waals surface area (Å²) >= 11 is 3.48. The summed E-state index contributed by atoms with van der Waals surface area (Å²) in [6.07, 6.45) is 8.03. The van der Waals surface area contributed by atoms with Crippen molar-refractivity contribution in [2.75, 3.05) is 6.61 Å². The number of aryl methyl sites for hydroxylation is 1. The van der Waals surface area contributed by atoms with Gasteiger partial charge in [0.2, 0.25) is 0 Å². The second-order valence-corrected chi connectivity index (χ2v) is 5.96. The van der Waals surface area contributed by atoms with Gasteiger partial charge in [0, 0.05) is 6.08 Å². The zero-order valence-corrected chi connectivity index (χ0v) is 14.9. The Morgan fingerprint density at radius 1 is 1.25 bits per heavy atom. The van der Waals surface area contributed by atoms with Crippen LogP contribution >= 0.6 is 15.9 Å². The molecule has 0 saturated carbocycles. The normalized spacial score (nSPS) is 10.4. The minimum Gasteiger partial charge on any atom is -0.488 e. The van der Waals surface area contributed by atoms with Gasteiger partial charge in [0.05, 0.1) is 4.47 Å². The van der Waals surface area contributed by atoms with Gasteiger partial charge >= 0.3 is 5.97 Å². The van der Waals surface area contributed by atoms with Crippen LogP contribution in [0.25, 0.3) is 6.08 Å². The average Bonchev–Trinajstić information content (AvgIpc) is 2.58. The molecule has 0 aliphatic rings. The second-order valence-electron chi connectivity index (χ2n) is 5.11. The van der Waals surface area contributed by atoms with E-state index < -0.39 is 5.97 Å². The first-order valence-electron chi connectivity index (χ1n) is 7.34. The lowest BCUT2D eigenvalue weighted by Crippen LogP contribution is -1.99. The molecule has 4 heteroatoms. The first-order valence-corrected chi connectivity index (χ1v) is 8.14. The van der Waals surface area contributed by atoms with Crippen LogP contribution in [-0.2, 0) is 16.1 Å². The molecule has 0 heterocycles. The van der Waals surface area contributed by atoms with Gasteiger partial charge in [0.1, 0.15) is 12.4 Å². The number of terminal acetylenes is 1. The van der Waals surface area contributed by atoms with Crippen molar-refractivity contribution < 1.29 is 14.3 Å². The Bertz CT molecular complexity index is 770. The number of benzene rings is 2. The summed E-state index contributed by atoms with van der Waals surface area (Å²) in [5, 5.41) is 0. The molecule has 0 saturated heterocycles. The molecule has 0 atom stereocenters. The highest BCUT2D eigenvalue weighted by atomic mass is 79.9. The molecule has 2 aromatic rings. The molecule has 0 amide bonds. The summed E-state index contributed by atoms with van der Waals surface area (Å²) in [5.74, 6) is 2.51. The van der Waals surface area contributed by atoms with Gasteiger partial charge in [0.15, 0.2) is 6.61 Å². The van der Waals surface area contributed by atoms with Crippen LogP contribution in [0.3, 0.4) is 0 Å². The Labute approximate surface area is 150 Å². The molecule has 0 radical (unpaired) electrons. The number of rotatable bonds is 6. The quantitative estimate of drug-likeness (QED) is 0.417. The summed E-state index contributed by atoms with van der Waals surface area (Å²) in [6, 6.07) is 13.8. The zero-order valence-electron chi connectivity index (χ0n) is 13.3. The van der Waals surface area contributed by atoms with Gasteiger partial charge in [-0.2, -0.15) is 0 Å². The first-order chi connectivity index (χ1) is 11.6. The van der Waals surface area contributed by atoms with E-state index in [4.69, 9.17) is 15.9 Å². The number of ether oxygens (including phenoxy) is 2. The standard InChI is InChI=1S/C20H17BrO3/c1-3-12-23-20(22)11-9-16-8-10-19(18(21)13-16)24-14-17-6-4-15(2)5-7-17/h1,4-11,13H,12,14H2,2H3/b11-9+. The Morgan fingerprint density at radius 2 is 2.00 bits per heavy atom. The van der Waals surface area contributed by atoms with E-state index in [0.717, 1.165) is 21.3 Å². The molecule has 2 rings (SSSR count). The van der Waals surface area contributed by atoms with Crippen LogP contribution < -0.4 is 4.74 Å². The Balaban J connectivity index is 1.96. The SMILES string of the molecule is C#CCOC(=O)/C=C/c1ccc(OCc2ccc(C)cc2)c(Br)c1. The van der Waals surface area contributed by atoms with Crippen molar-refractivity contribution in [2.24, 2.45) is 0 Å². The number of esters is 1. The van der Waals surface area contributed by atoms with Crippen molar-refractivity contribution in [1.29, 1.82) is 0 Å². The molecule has 24 heavy (non-hydrogen) atoms. The fraction of sp³-hybridized carbons (Fsp3) is 0.150. The number of hydrogen-bond donors (Lipinski definition) is 0. The fourth-order valence-electron chi connectivity index (χ4n) is 1.91. The Morgan fingerprint density at radius 3 is 2.67 bits per heavy atom. The molecule has 0 aromatic heterocycles. The third kappa shape index (κ3) is 5.60. The van der Waals surface area contributed by atoms with E-state index in [0.29, 0.717) is 6.61 Å². The molecular formula is C20H17BrO3. The molecule has 0 unspecified atom stereocenters. The Kier molecular flexibility index (Phi) is 6.65. The highest BCUT2D eigenvalue weighted by Gasteiger charge is 2.03. The molecule has 2 aromatic carbocycles. The number of carbonyl (C=O) groups excluding carboxylic acids is 1. The lowest BCUT2D eigenvalue weighted by molar-refractivity contribution is -0.136. The number of hydrogen-bond acceptors (Lipinski definition) is 3. The van der Waals surface area contributed by atoms with Crippen LogP contribution in [-0.4, -0.2) is 12.6 Å². The maximum absolute atomic E-state index is 11.4. The van der Waals surface area contributed by atoms with Gasteiger partial charge in [-0.15, -0.1) is 6.42 Å². The molecular weight excluding hydrogens is 368 g/mol. The van der Waals surface area contributed by atoms with Crippen LogP contribution in [0.1, 0.15) is 16.7 Å². The van der Waals surface area contributed by atoms with Crippen molar-refractivity contribution in [3.05, 3.63) is 69.7 Å². The zero-order chi connectivity index (χ0) is 17.4. The monoisotopic (exact) mass is 384 g/mol. The van der Waals surface area contributed by atoms with Crippen LogP contribution in [0.15, 0.2) is 53.0 Å². The van der Waals surface area contributed by atoms with Crippen molar-refractivity contribution in [1.82, 2.24) is 0 Å². The van der Waals surface area contributed by atoms with Crippen molar-refractivity contribution >= 4 is 28.0 Å². The van der Waals surface area contributed by atoms with Crippen molar-refractivity contribution in [3.8, 4) is 18.1 Å². The molecule has 3 nitrogen and oxygen atoms in total. The van der Waals surface area contributed by atoms with Crippen LogP contribution in [0, 0.1) is 19.3 Å². The van der Waals surface area contributed by atoms with Gasteiger partial charge < -0.3 is 9.47 Å². The van der Waals surface area contributed by atoms with E-state index >= 15 is 0 Å². The maximum Gasteiger partial charge on any atom is 0.331 e. The molecule has 0 fully saturated rings. The van der Waals surface area contributed by atoms with E-state index in [-0.39, 0.29) is 6.61 Å². The third-order valence-electron chi connectivity index (χ3n) is 3.18. The summed E-state index contributed by atoms with van der Waals surface area (Å²) in [7, 11) is 0. The van der Waals surface area contributed by atoms with E-state index in [1.54, 1.807) is 6.08 Å². The largest absolute Gasteiger partial charge is 0.488 e. The molecule has 0 spiro atoms. The predicted molar refractivity (Wildman–Crippen MR) is 98.5 cm³/mol. The topological polar surface area (TPSA) is 35.5 Å². The minimum absolute atomic E-state index is 0.0291.